The van der Waals surface area contributed by atoms with E-state index in [-0.39, 0.29) is 6.61 Å². The topological polar surface area (TPSA) is 41.5 Å². The molecule has 0 aromatic carbocycles. The van der Waals surface area contributed by atoms with Gasteiger partial charge in [-0.05, 0) is 25.1 Å². The fourth-order valence-corrected chi connectivity index (χ4v) is 1.77. The van der Waals surface area contributed by atoms with Crippen molar-refractivity contribution in [3.8, 4) is 5.06 Å². The van der Waals surface area contributed by atoms with Crippen molar-refractivity contribution in [3.05, 3.63) is 17.0 Å². The normalized spacial score (nSPS) is 10.3. The number of rotatable bonds is 6. The van der Waals surface area contributed by atoms with Gasteiger partial charge in [-0.2, -0.15) is 0 Å². The summed E-state index contributed by atoms with van der Waals surface area (Å²) in [6.07, 6.45) is 0.808. The summed E-state index contributed by atoms with van der Waals surface area (Å²) in [5.41, 5.74) is 0. The van der Waals surface area contributed by atoms with Gasteiger partial charge in [-0.25, -0.2) is 0 Å². The Labute approximate surface area is 82.4 Å². The lowest BCUT2D eigenvalue weighted by molar-refractivity contribution is 0.286. The van der Waals surface area contributed by atoms with E-state index in [4.69, 9.17) is 9.84 Å². The van der Waals surface area contributed by atoms with Gasteiger partial charge >= 0.3 is 0 Å². The molecule has 0 atom stereocenters. The van der Waals surface area contributed by atoms with E-state index < -0.39 is 0 Å². The Kier molecular flexibility index (Phi) is 4.82. The minimum Gasteiger partial charge on any atom is -0.487 e. The van der Waals surface area contributed by atoms with Gasteiger partial charge in [0.25, 0.3) is 0 Å². The first kappa shape index (κ1) is 10.5. The van der Waals surface area contributed by atoms with Gasteiger partial charge in [0.05, 0.1) is 7.11 Å². The average Bonchev–Trinajstić information content (AvgIpc) is 2.60. The first-order chi connectivity index (χ1) is 6.36. The molecule has 2 N–H and O–H groups in total. The molecule has 1 rings (SSSR count). The number of aliphatic hydroxyl groups excluding tert-OH is 1. The number of ether oxygens (including phenoxy) is 1. The van der Waals surface area contributed by atoms with Crippen molar-refractivity contribution in [2.45, 2.75) is 13.0 Å². The number of aliphatic hydroxyl groups is 1. The summed E-state index contributed by atoms with van der Waals surface area (Å²) in [4.78, 5) is 1.26. The van der Waals surface area contributed by atoms with Crippen LogP contribution in [0, 0.1) is 0 Å². The smallest absolute Gasteiger partial charge is 0.173 e. The zero-order valence-electron chi connectivity index (χ0n) is 7.75. The first-order valence-corrected chi connectivity index (χ1v) is 5.12. The standard InChI is InChI=1S/C9H15NO2S/c1-12-9-4-3-8(13-9)7-10-5-2-6-11/h3-4,10-11H,2,5-7H2,1H3. The minimum atomic E-state index is 0.251. The van der Waals surface area contributed by atoms with Crippen LogP contribution in [0.1, 0.15) is 11.3 Å². The lowest BCUT2D eigenvalue weighted by Gasteiger charge is -1.99. The maximum atomic E-state index is 8.55. The molecule has 0 saturated carbocycles. The summed E-state index contributed by atoms with van der Waals surface area (Å²) in [6.45, 7) is 1.96. The van der Waals surface area contributed by atoms with Gasteiger partial charge in [-0.3, -0.25) is 0 Å². The Morgan fingerprint density at radius 1 is 1.54 bits per heavy atom. The highest BCUT2D eigenvalue weighted by Gasteiger charge is 1.98. The molecule has 0 radical (unpaired) electrons. The third-order valence-corrected chi connectivity index (χ3v) is 2.70. The molecule has 1 aromatic rings. The van der Waals surface area contributed by atoms with Crippen molar-refractivity contribution in [1.82, 2.24) is 5.32 Å². The summed E-state index contributed by atoms with van der Waals surface area (Å²) in [5, 5.41) is 12.7. The van der Waals surface area contributed by atoms with Gasteiger partial charge in [0.1, 0.15) is 0 Å². The molecular formula is C9H15NO2S. The third kappa shape index (κ3) is 3.76. The van der Waals surface area contributed by atoms with Crippen molar-refractivity contribution < 1.29 is 9.84 Å². The maximum Gasteiger partial charge on any atom is 0.173 e. The van der Waals surface area contributed by atoms with Crippen LogP contribution < -0.4 is 10.1 Å². The summed E-state index contributed by atoms with van der Waals surface area (Å²) in [5.74, 6) is 0. The predicted octanol–water partition coefficient (Wildman–Crippen LogP) is 1.23. The Morgan fingerprint density at radius 3 is 3.00 bits per heavy atom. The zero-order chi connectivity index (χ0) is 9.52. The molecule has 0 amide bonds. The van der Waals surface area contributed by atoms with Crippen LogP contribution in [-0.4, -0.2) is 25.4 Å². The lowest BCUT2D eigenvalue weighted by atomic mass is 10.4. The van der Waals surface area contributed by atoms with Crippen molar-refractivity contribution >= 4 is 11.3 Å². The van der Waals surface area contributed by atoms with Crippen LogP contribution in [0.2, 0.25) is 0 Å². The van der Waals surface area contributed by atoms with Crippen molar-refractivity contribution in [2.75, 3.05) is 20.3 Å². The second kappa shape index (κ2) is 5.96. The van der Waals surface area contributed by atoms with Crippen LogP contribution in [0.3, 0.4) is 0 Å². The fourth-order valence-electron chi connectivity index (χ4n) is 0.979. The summed E-state index contributed by atoms with van der Waals surface area (Å²) in [6, 6.07) is 4.02. The van der Waals surface area contributed by atoms with Crippen LogP contribution in [0.15, 0.2) is 12.1 Å². The van der Waals surface area contributed by atoms with E-state index in [1.165, 1.54) is 4.88 Å². The number of methoxy groups -OCH3 is 1. The molecule has 0 spiro atoms. The van der Waals surface area contributed by atoms with E-state index in [1.807, 2.05) is 6.07 Å². The number of hydrogen-bond donors (Lipinski definition) is 2. The van der Waals surface area contributed by atoms with Gasteiger partial charge < -0.3 is 15.2 Å². The Balaban J connectivity index is 2.20. The van der Waals surface area contributed by atoms with Gasteiger partial charge in [0.2, 0.25) is 0 Å². The molecule has 0 fully saturated rings. The average molecular weight is 201 g/mol. The summed E-state index contributed by atoms with van der Waals surface area (Å²) >= 11 is 1.64. The van der Waals surface area contributed by atoms with Crippen LogP contribution in [0.5, 0.6) is 5.06 Å². The molecule has 0 saturated heterocycles. The van der Waals surface area contributed by atoms with E-state index in [0.717, 1.165) is 24.6 Å². The van der Waals surface area contributed by atoms with Crippen LogP contribution >= 0.6 is 11.3 Å². The fraction of sp³-hybridized carbons (Fsp3) is 0.556. The lowest BCUT2D eigenvalue weighted by Crippen LogP contribution is -2.14. The molecular weight excluding hydrogens is 186 g/mol. The van der Waals surface area contributed by atoms with E-state index in [2.05, 4.69) is 11.4 Å². The maximum absolute atomic E-state index is 8.55. The first-order valence-electron chi connectivity index (χ1n) is 4.31. The molecule has 0 aliphatic rings. The molecule has 0 unspecified atom stereocenters. The molecule has 0 bridgehead atoms. The van der Waals surface area contributed by atoms with Gasteiger partial charge in [-0.15, -0.1) is 11.3 Å². The van der Waals surface area contributed by atoms with E-state index in [0.29, 0.717) is 0 Å². The summed E-state index contributed by atoms with van der Waals surface area (Å²) in [7, 11) is 1.68. The molecule has 0 aliphatic carbocycles. The highest BCUT2D eigenvalue weighted by atomic mass is 32.1. The number of nitrogens with one attached hydrogen (secondary N) is 1. The molecule has 3 nitrogen and oxygen atoms in total. The highest BCUT2D eigenvalue weighted by Crippen LogP contribution is 2.23. The Hall–Kier alpha value is -0.580. The monoisotopic (exact) mass is 201 g/mol. The molecule has 1 aromatic heterocycles. The number of hydrogen-bond acceptors (Lipinski definition) is 4. The SMILES string of the molecule is COc1ccc(CNCCCO)s1. The number of thiophene rings is 1. The molecule has 0 aliphatic heterocycles. The van der Waals surface area contributed by atoms with E-state index in [1.54, 1.807) is 18.4 Å². The van der Waals surface area contributed by atoms with Crippen LogP contribution in [0.25, 0.3) is 0 Å². The predicted molar refractivity (Wildman–Crippen MR) is 54.3 cm³/mol. The highest BCUT2D eigenvalue weighted by molar-refractivity contribution is 7.13. The second-order valence-corrected chi connectivity index (χ2v) is 3.81. The van der Waals surface area contributed by atoms with Crippen molar-refractivity contribution in [2.24, 2.45) is 0 Å². The van der Waals surface area contributed by atoms with Gasteiger partial charge in [-0.1, -0.05) is 0 Å². The quantitative estimate of drug-likeness (QED) is 0.680. The van der Waals surface area contributed by atoms with Crippen LogP contribution in [0.4, 0.5) is 0 Å². The minimum absolute atomic E-state index is 0.251. The van der Waals surface area contributed by atoms with Gasteiger partial charge in [0.15, 0.2) is 5.06 Å². The molecule has 74 valence electrons. The second-order valence-electron chi connectivity index (χ2n) is 2.68. The van der Waals surface area contributed by atoms with Crippen LogP contribution in [-0.2, 0) is 6.54 Å². The van der Waals surface area contributed by atoms with E-state index >= 15 is 0 Å². The Bertz CT molecular complexity index is 237. The third-order valence-electron chi connectivity index (χ3n) is 1.65. The molecule has 1 heterocycles. The Morgan fingerprint density at radius 2 is 2.38 bits per heavy atom. The summed E-state index contributed by atoms with van der Waals surface area (Å²) < 4.78 is 5.07. The zero-order valence-corrected chi connectivity index (χ0v) is 8.56. The van der Waals surface area contributed by atoms with Crippen molar-refractivity contribution in [3.63, 3.8) is 0 Å². The molecule has 4 heteroatoms. The largest absolute Gasteiger partial charge is 0.487 e. The van der Waals surface area contributed by atoms with Crippen molar-refractivity contribution in [1.29, 1.82) is 0 Å². The van der Waals surface area contributed by atoms with Gasteiger partial charge in [0, 0.05) is 18.0 Å². The molecule has 13 heavy (non-hydrogen) atoms. The van der Waals surface area contributed by atoms with E-state index in [9.17, 15) is 0 Å².